The average molecular weight is 320 g/mol. The highest BCUT2D eigenvalue weighted by molar-refractivity contribution is 9.09. The monoisotopic (exact) mass is 319 g/mol. The molecule has 0 spiro atoms. The summed E-state index contributed by atoms with van der Waals surface area (Å²) in [6.07, 6.45) is -0.0810. The second kappa shape index (κ2) is 6.83. The SMILES string of the molecule is CC(C)C(CBr)NC(=O)Cc1ccc(F)cc1F. The minimum Gasteiger partial charge on any atom is -0.352 e. The molecule has 0 saturated heterocycles. The molecule has 5 heteroatoms. The van der Waals surface area contributed by atoms with Gasteiger partial charge in [-0.05, 0) is 17.5 Å². The molecule has 1 aromatic rings. The van der Waals surface area contributed by atoms with Gasteiger partial charge in [0.2, 0.25) is 5.91 Å². The molecule has 18 heavy (non-hydrogen) atoms. The molecule has 0 heterocycles. The van der Waals surface area contributed by atoms with Crippen LogP contribution in [-0.2, 0) is 11.2 Å². The summed E-state index contributed by atoms with van der Waals surface area (Å²) < 4.78 is 26.1. The third-order valence-electron chi connectivity index (χ3n) is 2.68. The number of alkyl halides is 1. The van der Waals surface area contributed by atoms with E-state index in [1.54, 1.807) is 0 Å². The first-order valence-electron chi connectivity index (χ1n) is 5.73. The van der Waals surface area contributed by atoms with Crippen molar-refractivity contribution in [2.45, 2.75) is 26.3 Å². The highest BCUT2D eigenvalue weighted by Crippen LogP contribution is 2.11. The van der Waals surface area contributed by atoms with Crippen LogP contribution in [0.2, 0.25) is 0 Å². The predicted molar refractivity (Wildman–Crippen MR) is 70.6 cm³/mol. The van der Waals surface area contributed by atoms with E-state index >= 15 is 0 Å². The Kier molecular flexibility index (Phi) is 5.72. The molecule has 1 amide bonds. The molecule has 0 aliphatic carbocycles. The van der Waals surface area contributed by atoms with Gasteiger partial charge in [-0.25, -0.2) is 8.78 Å². The van der Waals surface area contributed by atoms with Gasteiger partial charge >= 0.3 is 0 Å². The fraction of sp³-hybridized carbons (Fsp3) is 0.462. The van der Waals surface area contributed by atoms with E-state index in [0.717, 1.165) is 12.1 Å². The Labute approximate surface area is 114 Å². The number of benzene rings is 1. The maximum Gasteiger partial charge on any atom is 0.224 e. The van der Waals surface area contributed by atoms with Crippen molar-refractivity contribution in [3.63, 3.8) is 0 Å². The Morgan fingerprint density at radius 3 is 2.56 bits per heavy atom. The fourth-order valence-electron chi connectivity index (χ4n) is 1.48. The van der Waals surface area contributed by atoms with Crippen molar-refractivity contribution in [1.82, 2.24) is 5.32 Å². The molecule has 0 saturated carbocycles. The van der Waals surface area contributed by atoms with Crippen LogP contribution in [0, 0.1) is 17.6 Å². The molecule has 0 aliphatic rings. The number of halogens is 3. The summed E-state index contributed by atoms with van der Waals surface area (Å²) in [5, 5.41) is 3.45. The van der Waals surface area contributed by atoms with E-state index in [1.807, 2.05) is 13.8 Å². The number of carbonyl (C=O) groups is 1. The van der Waals surface area contributed by atoms with Crippen LogP contribution in [-0.4, -0.2) is 17.3 Å². The average Bonchev–Trinajstić information content (AvgIpc) is 2.29. The van der Waals surface area contributed by atoms with Gasteiger partial charge in [-0.2, -0.15) is 0 Å². The second-order valence-electron chi connectivity index (χ2n) is 4.48. The lowest BCUT2D eigenvalue weighted by molar-refractivity contribution is -0.121. The summed E-state index contributed by atoms with van der Waals surface area (Å²) in [5.41, 5.74) is 0.200. The number of hydrogen-bond acceptors (Lipinski definition) is 1. The molecule has 0 aliphatic heterocycles. The van der Waals surface area contributed by atoms with Crippen LogP contribution in [0.15, 0.2) is 18.2 Å². The van der Waals surface area contributed by atoms with Crippen molar-refractivity contribution in [3.8, 4) is 0 Å². The standard InChI is InChI=1S/C13H16BrF2NO/c1-8(2)12(7-14)17-13(18)5-9-3-4-10(15)6-11(9)16/h3-4,6,8,12H,5,7H2,1-2H3,(H,17,18). The van der Waals surface area contributed by atoms with Crippen LogP contribution in [0.3, 0.4) is 0 Å². The zero-order valence-corrected chi connectivity index (χ0v) is 11.9. The topological polar surface area (TPSA) is 29.1 Å². The predicted octanol–water partition coefficient (Wildman–Crippen LogP) is 3.04. The van der Waals surface area contributed by atoms with E-state index in [0.29, 0.717) is 5.33 Å². The van der Waals surface area contributed by atoms with Gasteiger partial charge in [-0.1, -0.05) is 35.8 Å². The van der Waals surface area contributed by atoms with Crippen LogP contribution >= 0.6 is 15.9 Å². The number of rotatable bonds is 5. The Morgan fingerprint density at radius 1 is 1.39 bits per heavy atom. The highest BCUT2D eigenvalue weighted by Gasteiger charge is 2.16. The largest absolute Gasteiger partial charge is 0.352 e. The molecule has 1 atom stereocenters. The van der Waals surface area contributed by atoms with Crippen molar-refractivity contribution < 1.29 is 13.6 Å². The molecule has 1 aromatic carbocycles. The molecule has 0 aromatic heterocycles. The Bertz CT molecular complexity index is 423. The van der Waals surface area contributed by atoms with Gasteiger partial charge in [-0.15, -0.1) is 0 Å². The summed E-state index contributed by atoms with van der Waals surface area (Å²) in [5.74, 6) is -1.31. The molecule has 1 rings (SSSR count). The molecule has 1 unspecified atom stereocenters. The van der Waals surface area contributed by atoms with Crippen molar-refractivity contribution in [2.24, 2.45) is 5.92 Å². The maximum atomic E-state index is 13.4. The van der Waals surface area contributed by atoms with Gasteiger partial charge in [0.1, 0.15) is 11.6 Å². The van der Waals surface area contributed by atoms with Crippen molar-refractivity contribution >= 4 is 21.8 Å². The summed E-state index contributed by atoms with van der Waals surface area (Å²) in [6.45, 7) is 3.98. The lowest BCUT2D eigenvalue weighted by Crippen LogP contribution is -2.40. The molecule has 0 radical (unpaired) electrons. The minimum atomic E-state index is -0.690. The van der Waals surface area contributed by atoms with E-state index in [-0.39, 0.29) is 29.9 Å². The Morgan fingerprint density at radius 2 is 2.06 bits per heavy atom. The van der Waals surface area contributed by atoms with Gasteiger partial charge in [0.15, 0.2) is 0 Å². The van der Waals surface area contributed by atoms with Crippen molar-refractivity contribution in [1.29, 1.82) is 0 Å². The first-order chi connectivity index (χ1) is 8.43. The fourth-order valence-corrected chi connectivity index (χ4v) is 2.39. The number of amides is 1. The lowest BCUT2D eigenvalue weighted by Gasteiger charge is -2.19. The molecule has 0 bridgehead atoms. The third-order valence-corrected chi connectivity index (χ3v) is 3.38. The van der Waals surface area contributed by atoms with E-state index in [4.69, 9.17) is 0 Å². The Balaban J connectivity index is 2.64. The second-order valence-corrected chi connectivity index (χ2v) is 5.13. The maximum absolute atomic E-state index is 13.4. The zero-order chi connectivity index (χ0) is 13.7. The van der Waals surface area contributed by atoms with Crippen LogP contribution in [0.1, 0.15) is 19.4 Å². The van der Waals surface area contributed by atoms with Crippen LogP contribution in [0.5, 0.6) is 0 Å². The molecule has 2 nitrogen and oxygen atoms in total. The number of carbonyl (C=O) groups excluding carboxylic acids is 1. The van der Waals surface area contributed by atoms with Gasteiger partial charge < -0.3 is 5.32 Å². The minimum absolute atomic E-state index is 0.000935. The van der Waals surface area contributed by atoms with Gasteiger partial charge in [0, 0.05) is 17.4 Å². The third kappa shape index (κ3) is 4.37. The first kappa shape index (κ1) is 15.1. The zero-order valence-electron chi connectivity index (χ0n) is 10.3. The van der Waals surface area contributed by atoms with Gasteiger partial charge in [-0.3, -0.25) is 4.79 Å². The van der Waals surface area contributed by atoms with Crippen LogP contribution in [0.4, 0.5) is 8.78 Å². The van der Waals surface area contributed by atoms with E-state index in [2.05, 4.69) is 21.2 Å². The molecule has 1 N–H and O–H groups in total. The molecule has 100 valence electrons. The number of hydrogen-bond donors (Lipinski definition) is 1. The van der Waals surface area contributed by atoms with Gasteiger partial charge in [0.05, 0.1) is 6.42 Å². The normalized spacial score (nSPS) is 12.6. The van der Waals surface area contributed by atoms with E-state index in [1.165, 1.54) is 6.07 Å². The van der Waals surface area contributed by atoms with Crippen molar-refractivity contribution in [3.05, 3.63) is 35.4 Å². The smallest absolute Gasteiger partial charge is 0.224 e. The number of nitrogens with one attached hydrogen (secondary N) is 1. The quantitative estimate of drug-likeness (QED) is 0.830. The molecular weight excluding hydrogens is 304 g/mol. The van der Waals surface area contributed by atoms with E-state index in [9.17, 15) is 13.6 Å². The van der Waals surface area contributed by atoms with Crippen LogP contribution in [0.25, 0.3) is 0 Å². The highest BCUT2D eigenvalue weighted by atomic mass is 79.9. The van der Waals surface area contributed by atoms with E-state index < -0.39 is 11.6 Å². The summed E-state index contributed by atoms with van der Waals surface area (Å²) in [7, 11) is 0. The summed E-state index contributed by atoms with van der Waals surface area (Å²) >= 11 is 3.32. The molecule has 0 fully saturated rings. The Hall–Kier alpha value is -0.970. The lowest BCUT2D eigenvalue weighted by atomic mass is 10.1. The summed E-state index contributed by atoms with van der Waals surface area (Å²) in [6, 6.07) is 3.23. The summed E-state index contributed by atoms with van der Waals surface area (Å²) in [4.78, 5) is 11.7. The van der Waals surface area contributed by atoms with Crippen molar-refractivity contribution in [2.75, 3.05) is 5.33 Å². The van der Waals surface area contributed by atoms with Crippen LogP contribution < -0.4 is 5.32 Å². The molecular formula is C13H16BrF2NO. The first-order valence-corrected chi connectivity index (χ1v) is 6.85. The van der Waals surface area contributed by atoms with Gasteiger partial charge in [0.25, 0.3) is 0 Å².